The van der Waals surface area contributed by atoms with Gasteiger partial charge in [-0.15, -0.1) is 0 Å². The van der Waals surface area contributed by atoms with Crippen LogP contribution >= 0.6 is 0 Å². The summed E-state index contributed by atoms with van der Waals surface area (Å²) in [6.45, 7) is 3.27. The third-order valence-corrected chi connectivity index (χ3v) is 8.17. The zero-order valence-electron chi connectivity index (χ0n) is 21.3. The number of carbonyl (C=O) groups is 2. The molecule has 2 fully saturated rings. The van der Waals surface area contributed by atoms with E-state index in [1.54, 1.807) is 13.2 Å². The molecule has 0 amide bonds. The minimum absolute atomic E-state index is 0.0590. The second-order valence-electron chi connectivity index (χ2n) is 10.5. The van der Waals surface area contributed by atoms with Crippen molar-refractivity contribution in [3.05, 3.63) is 69.3 Å². The molecule has 6 rings (SSSR count). The molecule has 2 aromatic carbocycles. The SMILES string of the molecule is COc1ccc2c(c1)CCC(CN1CCN(c3cc4c(cc3F)c(=O)c(C(=O)O)cn4C3CC3)CC1)C2=O. The van der Waals surface area contributed by atoms with Crippen molar-refractivity contribution in [2.24, 2.45) is 5.92 Å². The normalized spacial score (nSPS) is 20.0. The average Bonchev–Trinajstić information content (AvgIpc) is 3.76. The van der Waals surface area contributed by atoms with Gasteiger partial charge in [0.1, 0.15) is 17.1 Å². The van der Waals surface area contributed by atoms with Crippen LogP contribution < -0.4 is 15.1 Å². The first-order valence-corrected chi connectivity index (χ1v) is 13.1. The van der Waals surface area contributed by atoms with Crippen LogP contribution in [0.25, 0.3) is 10.9 Å². The van der Waals surface area contributed by atoms with Gasteiger partial charge < -0.3 is 19.3 Å². The third kappa shape index (κ3) is 4.34. The maximum Gasteiger partial charge on any atom is 0.341 e. The number of ether oxygens (including phenoxy) is 1. The number of hydrogen-bond acceptors (Lipinski definition) is 6. The van der Waals surface area contributed by atoms with Crippen molar-refractivity contribution in [1.29, 1.82) is 0 Å². The summed E-state index contributed by atoms with van der Waals surface area (Å²) in [6, 6.07) is 8.67. The number of piperazine rings is 1. The van der Waals surface area contributed by atoms with Crippen molar-refractivity contribution in [2.45, 2.75) is 31.7 Å². The van der Waals surface area contributed by atoms with Crippen molar-refractivity contribution >= 4 is 28.3 Å². The standard InChI is InChI=1S/C29H30FN3O5/c1-38-20-6-7-21-17(12-20)2-3-18(27(21)34)15-31-8-10-32(11-9-31)26-14-25-22(13-24(26)30)28(35)23(29(36)37)16-33(25)19-4-5-19/h6-7,12-14,16,18-19H,2-5,8-11,15H2,1H3,(H,36,37). The first-order chi connectivity index (χ1) is 18.3. The Hall–Kier alpha value is -3.72. The molecular weight excluding hydrogens is 489 g/mol. The number of hydrogen-bond donors (Lipinski definition) is 1. The zero-order valence-corrected chi connectivity index (χ0v) is 21.3. The van der Waals surface area contributed by atoms with E-state index in [4.69, 9.17) is 4.74 Å². The Morgan fingerprint density at radius 2 is 1.84 bits per heavy atom. The van der Waals surface area contributed by atoms with E-state index in [1.165, 1.54) is 12.3 Å². The predicted molar refractivity (Wildman–Crippen MR) is 141 cm³/mol. The molecule has 3 aromatic rings. The number of aryl methyl sites for hydroxylation is 1. The summed E-state index contributed by atoms with van der Waals surface area (Å²) in [5, 5.41) is 9.56. The van der Waals surface area contributed by atoms with Crippen LogP contribution in [-0.2, 0) is 6.42 Å². The minimum Gasteiger partial charge on any atom is -0.497 e. The monoisotopic (exact) mass is 519 g/mol. The van der Waals surface area contributed by atoms with E-state index >= 15 is 4.39 Å². The van der Waals surface area contributed by atoms with E-state index in [0.29, 0.717) is 43.9 Å². The summed E-state index contributed by atoms with van der Waals surface area (Å²) in [4.78, 5) is 41.7. The van der Waals surface area contributed by atoms with Gasteiger partial charge in [0.2, 0.25) is 5.43 Å². The molecule has 198 valence electrons. The number of rotatable bonds is 6. The van der Waals surface area contributed by atoms with E-state index in [1.807, 2.05) is 27.7 Å². The van der Waals surface area contributed by atoms with E-state index in [9.17, 15) is 19.5 Å². The number of aromatic carboxylic acids is 1. The molecule has 1 unspecified atom stereocenters. The van der Waals surface area contributed by atoms with Gasteiger partial charge in [0.05, 0.1) is 18.3 Å². The van der Waals surface area contributed by atoms with Gasteiger partial charge in [-0.1, -0.05) is 0 Å². The first kappa shape index (κ1) is 24.6. The average molecular weight is 520 g/mol. The summed E-state index contributed by atoms with van der Waals surface area (Å²) in [6.07, 6.45) is 4.85. The number of anilines is 1. The van der Waals surface area contributed by atoms with E-state index in [0.717, 1.165) is 42.6 Å². The summed E-state index contributed by atoms with van der Waals surface area (Å²) in [5.41, 5.74) is 1.84. The number of halogens is 1. The molecule has 1 saturated heterocycles. The van der Waals surface area contributed by atoms with Gasteiger partial charge in [-0.25, -0.2) is 9.18 Å². The number of nitrogens with zero attached hydrogens (tertiary/aromatic N) is 3. The lowest BCUT2D eigenvalue weighted by molar-refractivity contribution is 0.0694. The number of carbonyl (C=O) groups excluding carboxylic acids is 1. The van der Waals surface area contributed by atoms with Crippen molar-refractivity contribution in [2.75, 3.05) is 44.7 Å². The van der Waals surface area contributed by atoms with Gasteiger partial charge >= 0.3 is 5.97 Å². The highest BCUT2D eigenvalue weighted by molar-refractivity contribution is 6.00. The molecule has 1 N–H and O–H groups in total. The smallest absolute Gasteiger partial charge is 0.341 e. The molecule has 3 aliphatic rings. The number of carboxylic acids is 1. The molecule has 1 aromatic heterocycles. The van der Waals surface area contributed by atoms with Gasteiger partial charge in [-0.3, -0.25) is 14.5 Å². The topological polar surface area (TPSA) is 92.1 Å². The number of Topliss-reactive ketones (excluding diaryl/α,β-unsaturated/α-hetero) is 1. The lowest BCUT2D eigenvalue weighted by Gasteiger charge is -2.38. The molecule has 2 heterocycles. The fourth-order valence-corrected chi connectivity index (χ4v) is 5.89. The number of ketones is 1. The third-order valence-electron chi connectivity index (χ3n) is 8.17. The lowest BCUT2D eigenvalue weighted by Crippen LogP contribution is -2.49. The van der Waals surface area contributed by atoms with Crippen LogP contribution in [0.15, 0.2) is 41.3 Å². The van der Waals surface area contributed by atoms with E-state index in [-0.39, 0.29) is 28.7 Å². The van der Waals surface area contributed by atoms with Crippen LogP contribution in [-0.4, -0.2) is 66.2 Å². The molecule has 0 spiro atoms. The Morgan fingerprint density at radius 1 is 1.08 bits per heavy atom. The Labute approximate surface area is 219 Å². The van der Waals surface area contributed by atoms with E-state index in [2.05, 4.69) is 4.90 Å². The Kier molecular flexibility index (Phi) is 6.18. The molecule has 0 radical (unpaired) electrons. The number of carboxylic acid groups (broad SMARTS) is 1. The van der Waals surface area contributed by atoms with Crippen LogP contribution in [0.1, 0.15) is 51.6 Å². The van der Waals surface area contributed by atoms with Crippen LogP contribution in [0.2, 0.25) is 0 Å². The van der Waals surface area contributed by atoms with Gasteiger partial charge in [0, 0.05) is 61.8 Å². The fourth-order valence-electron chi connectivity index (χ4n) is 5.89. The lowest BCUT2D eigenvalue weighted by atomic mass is 9.82. The number of benzene rings is 2. The summed E-state index contributed by atoms with van der Waals surface area (Å²) >= 11 is 0. The van der Waals surface area contributed by atoms with Crippen molar-refractivity contribution < 1.29 is 23.8 Å². The Balaban J connectivity index is 1.18. The first-order valence-electron chi connectivity index (χ1n) is 13.1. The van der Waals surface area contributed by atoms with Crippen LogP contribution in [0.4, 0.5) is 10.1 Å². The maximum absolute atomic E-state index is 15.3. The van der Waals surface area contributed by atoms with Crippen molar-refractivity contribution in [3.8, 4) is 5.75 Å². The molecule has 1 saturated carbocycles. The van der Waals surface area contributed by atoms with Crippen LogP contribution in [0.3, 0.4) is 0 Å². The molecular formula is C29H30FN3O5. The molecule has 8 nitrogen and oxygen atoms in total. The van der Waals surface area contributed by atoms with E-state index < -0.39 is 17.2 Å². The summed E-state index contributed by atoms with van der Waals surface area (Å²) in [7, 11) is 1.62. The summed E-state index contributed by atoms with van der Waals surface area (Å²) in [5.74, 6) is -0.940. The van der Waals surface area contributed by atoms with Gasteiger partial charge in [-0.2, -0.15) is 0 Å². The van der Waals surface area contributed by atoms with Gasteiger partial charge in [0.25, 0.3) is 0 Å². The minimum atomic E-state index is -1.30. The highest BCUT2D eigenvalue weighted by atomic mass is 19.1. The fraction of sp³-hybridized carbons (Fsp3) is 0.414. The Bertz CT molecular complexity index is 1500. The highest BCUT2D eigenvalue weighted by Crippen LogP contribution is 2.38. The van der Waals surface area contributed by atoms with Gasteiger partial charge in [0.15, 0.2) is 5.78 Å². The molecule has 0 bridgehead atoms. The second kappa shape index (κ2) is 9.54. The number of fused-ring (bicyclic) bond motifs is 2. The largest absolute Gasteiger partial charge is 0.497 e. The summed E-state index contributed by atoms with van der Waals surface area (Å²) < 4.78 is 22.4. The molecule has 2 aliphatic carbocycles. The zero-order chi connectivity index (χ0) is 26.6. The molecule has 1 atom stereocenters. The number of methoxy groups -OCH3 is 1. The van der Waals surface area contributed by atoms with Gasteiger partial charge in [-0.05, 0) is 61.6 Å². The number of aromatic nitrogens is 1. The highest BCUT2D eigenvalue weighted by Gasteiger charge is 2.31. The predicted octanol–water partition coefficient (Wildman–Crippen LogP) is 3.75. The van der Waals surface area contributed by atoms with Crippen LogP contribution in [0, 0.1) is 11.7 Å². The molecule has 9 heteroatoms. The Morgan fingerprint density at radius 3 is 2.53 bits per heavy atom. The van der Waals surface area contributed by atoms with Crippen molar-refractivity contribution in [3.63, 3.8) is 0 Å². The van der Waals surface area contributed by atoms with Crippen molar-refractivity contribution in [1.82, 2.24) is 9.47 Å². The maximum atomic E-state index is 15.3. The number of pyridine rings is 1. The quantitative estimate of drug-likeness (QED) is 0.530. The van der Waals surface area contributed by atoms with Crippen LogP contribution in [0.5, 0.6) is 5.75 Å². The second-order valence-corrected chi connectivity index (χ2v) is 10.5. The molecule has 38 heavy (non-hydrogen) atoms. The molecule has 1 aliphatic heterocycles.